The van der Waals surface area contributed by atoms with E-state index in [1.807, 2.05) is 12.1 Å². The van der Waals surface area contributed by atoms with Gasteiger partial charge in [-0.3, -0.25) is 4.79 Å². The molecular formula is C22H22F3N3O2. The summed E-state index contributed by atoms with van der Waals surface area (Å²) < 4.78 is 50.0. The molecule has 2 atom stereocenters. The fraction of sp³-hybridized carbons (Fsp3) is 0.318. The molecule has 2 heterocycles. The first-order chi connectivity index (χ1) is 14.5. The molecular weight excluding hydrogens is 395 g/mol. The van der Waals surface area contributed by atoms with E-state index in [9.17, 15) is 18.0 Å². The summed E-state index contributed by atoms with van der Waals surface area (Å²) in [5.74, 6) is -1.28. The molecule has 0 spiro atoms. The monoisotopic (exact) mass is 417 g/mol. The second-order valence-electron chi connectivity index (χ2n) is 7.36. The lowest BCUT2D eigenvalue weighted by atomic mass is 10.0. The molecule has 3 aromatic rings. The molecule has 0 saturated carbocycles. The van der Waals surface area contributed by atoms with Crippen molar-refractivity contribution in [2.45, 2.75) is 25.2 Å². The van der Waals surface area contributed by atoms with Gasteiger partial charge in [-0.25, -0.2) is 13.2 Å². The first-order valence-corrected chi connectivity index (χ1v) is 9.73. The smallest absolute Gasteiger partial charge is 0.253 e. The number of rotatable bonds is 5. The Morgan fingerprint density at radius 3 is 2.63 bits per heavy atom. The number of benzene rings is 2. The largest absolute Gasteiger partial charge is 0.497 e. The van der Waals surface area contributed by atoms with Gasteiger partial charge in [-0.2, -0.15) is 0 Å². The number of piperidine rings is 1. The third kappa shape index (κ3) is 3.87. The summed E-state index contributed by atoms with van der Waals surface area (Å²) in [6.07, 6.45) is 0.607. The third-order valence-corrected chi connectivity index (χ3v) is 5.40. The molecule has 1 amide bonds. The summed E-state index contributed by atoms with van der Waals surface area (Å²) in [4.78, 5) is 12.9. The van der Waals surface area contributed by atoms with Crippen molar-refractivity contribution >= 4 is 16.8 Å². The maximum absolute atomic E-state index is 14.6. The number of carbonyl (C=O) groups is 1. The zero-order valence-corrected chi connectivity index (χ0v) is 16.4. The Labute approximate surface area is 171 Å². The molecule has 30 heavy (non-hydrogen) atoms. The first kappa shape index (κ1) is 20.3. The highest BCUT2D eigenvalue weighted by Crippen LogP contribution is 2.28. The molecule has 158 valence electrons. The Kier molecular flexibility index (Phi) is 5.67. The number of amides is 1. The van der Waals surface area contributed by atoms with Crippen LogP contribution in [0.4, 0.5) is 13.2 Å². The number of hydrogen-bond donors (Lipinski definition) is 2. The van der Waals surface area contributed by atoms with Gasteiger partial charge in [-0.05, 0) is 42.8 Å². The number of fused-ring (bicyclic) bond motifs is 1. The van der Waals surface area contributed by atoms with Crippen molar-refractivity contribution in [3.8, 4) is 5.75 Å². The van der Waals surface area contributed by atoms with Crippen LogP contribution in [0.2, 0.25) is 0 Å². The number of hydrogen-bond acceptors (Lipinski definition) is 3. The molecule has 0 bridgehead atoms. The predicted molar refractivity (Wildman–Crippen MR) is 108 cm³/mol. The average Bonchev–Trinajstić information content (AvgIpc) is 3.13. The van der Waals surface area contributed by atoms with E-state index in [4.69, 9.17) is 4.74 Å². The van der Waals surface area contributed by atoms with Crippen LogP contribution in [0.15, 0.2) is 42.6 Å². The molecule has 1 saturated heterocycles. The lowest BCUT2D eigenvalue weighted by molar-refractivity contribution is 0.0893. The van der Waals surface area contributed by atoms with Crippen molar-refractivity contribution in [3.63, 3.8) is 0 Å². The van der Waals surface area contributed by atoms with Gasteiger partial charge in [0.2, 0.25) is 0 Å². The minimum Gasteiger partial charge on any atom is -0.497 e. The van der Waals surface area contributed by atoms with Crippen molar-refractivity contribution in [3.05, 3.63) is 65.4 Å². The second kappa shape index (κ2) is 8.39. The van der Waals surface area contributed by atoms with E-state index >= 15 is 0 Å². The quantitative estimate of drug-likeness (QED) is 0.669. The Hall–Kier alpha value is -3.00. The Morgan fingerprint density at radius 1 is 1.20 bits per heavy atom. The van der Waals surface area contributed by atoms with Gasteiger partial charge in [-0.1, -0.05) is 12.1 Å². The lowest BCUT2D eigenvalue weighted by Gasteiger charge is -2.27. The third-order valence-electron chi connectivity index (χ3n) is 5.40. The van der Waals surface area contributed by atoms with Crippen LogP contribution < -0.4 is 15.4 Å². The van der Waals surface area contributed by atoms with Crippen LogP contribution in [0.3, 0.4) is 0 Å². The van der Waals surface area contributed by atoms with Crippen LogP contribution in [-0.2, 0) is 6.54 Å². The predicted octanol–water partition coefficient (Wildman–Crippen LogP) is 3.41. The summed E-state index contributed by atoms with van der Waals surface area (Å²) in [7, 11) is 1.56. The molecule has 1 aliphatic heterocycles. The molecule has 1 aromatic heterocycles. The number of halogens is 3. The van der Waals surface area contributed by atoms with Crippen LogP contribution in [0, 0.1) is 11.6 Å². The fourth-order valence-corrected chi connectivity index (χ4v) is 3.82. The Balaban J connectivity index is 1.71. The Morgan fingerprint density at radius 2 is 1.93 bits per heavy atom. The highest BCUT2D eigenvalue weighted by atomic mass is 19.1. The van der Waals surface area contributed by atoms with Crippen molar-refractivity contribution < 1.29 is 22.7 Å². The number of carbonyl (C=O) groups excluding carboxylic acids is 1. The average molecular weight is 417 g/mol. The topological polar surface area (TPSA) is 55.3 Å². The van der Waals surface area contributed by atoms with E-state index in [2.05, 4.69) is 10.6 Å². The van der Waals surface area contributed by atoms with E-state index in [-0.39, 0.29) is 29.6 Å². The fourth-order valence-electron chi connectivity index (χ4n) is 3.82. The number of nitrogens with one attached hydrogen (secondary N) is 2. The van der Waals surface area contributed by atoms with Crippen molar-refractivity contribution in [2.75, 3.05) is 20.2 Å². The van der Waals surface area contributed by atoms with Gasteiger partial charge in [0.15, 0.2) is 0 Å². The number of aromatic nitrogens is 1. The molecule has 8 heteroatoms. The summed E-state index contributed by atoms with van der Waals surface area (Å²) in [5, 5.41) is 5.45. The van der Waals surface area contributed by atoms with Crippen LogP contribution in [-0.4, -0.2) is 42.9 Å². The van der Waals surface area contributed by atoms with Crippen LogP contribution in [0.1, 0.15) is 22.3 Å². The van der Waals surface area contributed by atoms with E-state index in [0.717, 1.165) is 17.7 Å². The molecule has 5 nitrogen and oxygen atoms in total. The van der Waals surface area contributed by atoms with Crippen molar-refractivity contribution in [1.82, 2.24) is 15.2 Å². The molecule has 1 aliphatic rings. The highest BCUT2D eigenvalue weighted by molar-refractivity contribution is 6.07. The van der Waals surface area contributed by atoms with Crippen molar-refractivity contribution in [1.29, 1.82) is 0 Å². The second-order valence-corrected chi connectivity index (χ2v) is 7.36. The van der Waals surface area contributed by atoms with Gasteiger partial charge >= 0.3 is 0 Å². The number of nitrogens with zero attached hydrogens (tertiary/aromatic N) is 1. The number of methoxy groups -OCH3 is 1. The molecule has 2 aromatic carbocycles. The summed E-state index contributed by atoms with van der Waals surface area (Å²) >= 11 is 0. The van der Waals surface area contributed by atoms with Gasteiger partial charge in [-0.15, -0.1) is 0 Å². The summed E-state index contributed by atoms with van der Waals surface area (Å²) in [6, 6.07) is 8.52. The Bertz CT molecular complexity index is 1070. The number of ether oxygens (including phenoxy) is 1. The zero-order valence-electron chi connectivity index (χ0n) is 16.4. The first-order valence-electron chi connectivity index (χ1n) is 9.73. The maximum Gasteiger partial charge on any atom is 0.253 e. The lowest BCUT2D eigenvalue weighted by Crippen LogP contribution is -2.50. The van der Waals surface area contributed by atoms with Gasteiger partial charge < -0.3 is 19.9 Å². The van der Waals surface area contributed by atoms with Gasteiger partial charge in [0.1, 0.15) is 23.6 Å². The van der Waals surface area contributed by atoms with Crippen molar-refractivity contribution in [2.24, 2.45) is 0 Å². The molecule has 1 fully saturated rings. The number of alkyl halides is 1. The van der Waals surface area contributed by atoms with Gasteiger partial charge in [0, 0.05) is 19.3 Å². The van der Waals surface area contributed by atoms with Gasteiger partial charge in [0.05, 0.1) is 29.6 Å². The normalized spacial score (nSPS) is 19.1. The minimum atomic E-state index is -1.24. The summed E-state index contributed by atoms with van der Waals surface area (Å²) in [6.45, 7) is 0.952. The molecule has 1 unspecified atom stereocenters. The molecule has 0 aliphatic carbocycles. The SMILES string of the molecule is COc1ccc(Cn2cc(C(=O)NC3CCNC[C@@H]3F)c3c(F)ccc(F)c32)cc1. The standard InChI is InChI=1S/C22H22F3N3O2/c1-30-14-4-2-13(3-5-14)11-28-12-15(20-16(23)6-7-17(24)21(20)28)22(29)27-19-8-9-26-10-18(19)25/h2-7,12,18-19,26H,8-11H2,1H3,(H,27,29)/t18-,19?/m0/s1. The molecule has 2 N–H and O–H groups in total. The van der Waals surface area contributed by atoms with Crippen LogP contribution >= 0.6 is 0 Å². The van der Waals surface area contributed by atoms with Crippen LogP contribution in [0.5, 0.6) is 5.75 Å². The summed E-state index contributed by atoms with van der Waals surface area (Å²) in [5.41, 5.74) is 0.810. The van der Waals surface area contributed by atoms with E-state index in [0.29, 0.717) is 18.7 Å². The van der Waals surface area contributed by atoms with E-state index < -0.39 is 29.8 Å². The highest BCUT2D eigenvalue weighted by Gasteiger charge is 2.28. The van der Waals surface area contributed by atoms with Gasteiger partial charge in [0.25, 0.3) is 5.91 Å². The van der Waals surface area contributed by atoms with E-state index in [1.165, 1.54) is 10.8 Å². The maximum atomic E-state index is 14.6. The zero-order chi connectivity index (χ0) is 21.3. The van der Waals surface area contributed by atoms with E-state index in [1.54, 1.807) is 19.2 Å². The van der Waals surface area contributed by atoms with Crippen LogP contribution in [0.25, 0.3) is 10.9 Å². The molecule has 4 rings (SSSR count). The molecule has 0 radical (unpaired) electrons. The minimum absolute atomic E-state index is 0.00178.